The molecule has 0 unspecified atom stereocenters. The summed E-state index contributed by atoms with van der Waals surface area (Å²) in [4.78, 5) is 19.2. The smallest absolute Gasteiger partial charge is 0.177 e. The van der Waals surface area contributed by atoms with Crippen molar-refractivity contribution in [3.05, 3.63) is 78.5 Å². The van der Waals surface area contributed by atoms with Crippen LogP contribution >= 0.6 is 0 Å². The van der Waals surface area contributed by atoms with Gasteiger partial charge in [-0.3, -0.25) is 9.98 Å². The maximum Gasteiger partial charge on any atom is 0.177 e. The molecule has 5 aromatic rings. The first kappa shape index (κ1) is 19.6. The van der Waals surface area contributed by atoms with E-state index in [1.54, 1.807) is 12.4 Å². The molecule has 1 aromatic carbocycles. The lowest BCUT2D eigenvalue weighted by Crippen LogP contribution is -2.36. The Balaban J connectivity index is 1.34. The van der Waals surface area contributed by atoms with Crippen LogP contribution in [0.1, 0.15) is 11.3 Å². The van der Waals surface area contributed by atoms with Gasteiger partial charge in [-0.1, -0.05) is 12.1 Å². The van der Waals surface area contributed by atoms with Crippen molar-refractivity contribution in [2.24, 2.45) is 4.99 Å². The third kappa shape index (κ3) is 3.96. The maximum absolute atomic E-state index is 5.56. The molecule has 33 heavy (non-hydrogen) atoms. The SMILES string of the molecule is C(=NCc1cc(N2CCOCC2)c2nc(-c3ccncc3)cn2n1)c1ccc2cc[nH]c2c1. The van der Waals surface area contributed by atoms with Gasteiger partial charge in [-0.2, -0.15) is 5.10 Å². The Morgan fingerprint density at radius 2 is 1.94 bits per heavy atom. The van der Waals surface area contributed by atoms with E-state index in [9.17, 15) is 0 Å². The van der Waals surface area contributed by atoms with Crippen molar-refractivity contribution in [2.45, 2.75) is 6.54 Å². The van der Waals surface area contributed by atoms with Gasteiger partial charge in [0.25, 0.3) is 0 Å². The van der Waals surface area contributed by atoms with Gasteiger partial charge in [-0.15, -0.1) is 0 Å². The van der Waals surface area contributed by atoms with Crippen molar-refractivity contribution in [1.82, 2.24) is 24.6 Å². The van der Waals surface area contributed by atoms with Crippen molar-refractivity contribution in [2.75, 3.05) is 31.2 Å². The number of pyridine rings is 1. The molecule has 6 rings (SSSR count). The van der Waals surface area contributed by atoms with E-state index in [1.807, 2.05) is 35.3 Å². The molecule has 8 nitrogen and oxygen atoms in total. The number of nitrogens with one attached hydrogen (secondary N) is 1. The zero-order valence-electron chi connectivity index (χ0n) is 18.1. The number of hydrogen-bond acceptors (Lipinski definition) is 6. The number of hydrogen-bond donors (Lipinski definition) is 1. The Kier molecular flexibility index (Phi) is 5.04. The molecule has 0 atom stereocenters. The number of H-pyrrole nitrogens is 1. The van der Waals surface area contributed by atoms with Crippen LogP contribution in [0.3, 0.4) is 0 Å². The fourth-order valence-corrected chi connectivity index (χ4v) is 4.18. The second-order valence-corrected chi connectivity index (χ2v) is 8.04. The molecule has 0 bridgehead atoms. The van der Waals surface area contributed by atoms with Gasteiger partial charge in [0.05, 0.1) is 43.0 Å². The van der Waals surface area contributed by atoms with E-state index in [-0.39, 0.29) is 0 Å². The van der Waals surface area contributed by atoms with Gasteiger partial charge >= 0.3 is 0 Å². The predicted octanol–water partition coefficient (Wildman–Crippen LogP) is 3.73. The molecular formula is C25H23N7O. The number of ether oxygens (including phenoxy) is 1. The van der Waals surface area contributed by atoms with Crippen LogP contribution in [0.5, 0.6) is 0 Å². The zero-order chi connectivity index (χ0) is 22.0. The van der Waals surface area contributed by atoms with Crippen molar-refractivity contribution < 1.29 is 4.74 Å². The second-order valence-electron chi connectivity index (χ2n) is 8.04. The van der Waals surface area contributed by atoms with E-state index < -0.39 is 0 Å². The highest BCUT2D eigenvalue weighted by Gasteiger charge is 2.18. The summed E-state index contributed by atoms with van der Waals surface area (Å²) < 4.78 is 7.43. The molecule has 1 aliphatic heterocycles. The molecule has 0 radical (unpaired) electrons. The van der Waals surface area contributed by atoms with Gasteiger partial charge < -0.3 is 14.6 Å². The summed E-state index contributed by atoms with van der Waals surface area (Å²) in [7, 11) is 0. The summed E-state index contributed by atoms with van der Waals surface area (Å²) in [6, 6.07) is 14.4. The quantitative estimate of drug-likeness (QED) is 0.424. The number of aromatic nitrogens is 5. The zero-order valence-corrected chi connectivity index (χ0v) is 18.1. The van der Waals surface area contributed by atoms with Crippen LogP contribution in [-0.4, -0.2) is 57.1 Å². The summed E-state index contributed by atoms with van der Waals surface area (Å²) in [5.74, 6) is 0. The van der Waals surface area contributed by atoms with E-state index in [0.29, 0.717) is 19.8 Å². The normalized spacial score (nSPS) is 14.6. The highest BCUT2D eigenvalue weighted by molar-refractivity contribution is 5.88. The van der Waals surface area contributed by atoms with Crippen LogP contribution in [0.15, 0.2) is 72.2 Å². The van der Waals surface area contributed by atoms with E-state index in [0.717, 1.165) is 52.5 Å². The molecule has 1 N–H and O–H groups in total. The molecule has 0 aliphatic carbocycles. The Morgan fingerprint density at radius 3 is 2.82 bits per heavy atom. The Labute approximate surface area is 190 Å². The monoisotopic (exact) mass is 437 g/mol. The van der Waals surface area contributed by atoms with Gasteiger partial charge in [-0.05, 0) is 41.3 Å². The molecule has 0 spiro atoms. The fraction of sp³-hybridized carbons (Fsp3) is 0.200. The number of morpholine rings is 1. The minimum atomic E-state index is 0.485. The van der Waals surface area contributed by atoms with Crippen LogP contribution in [0.4, 0.5) is 5.69 Å². The van der Waals surface area contributed by atoms with Crippen molar-refractivity contribution in [1.29, 1.82) is 0 Å². The number of aromatic amines is 1. The van der Waals surface area contributed by atoms with Crippen molar-refractivity contribution >= 4 is 28.5 Å². The van der Waals surface area contributed by atoms with E-state index >= 15 is 0 Å². The van der Waals surface area contributed by atoms with Crippen LogP contribution in [-0.2, 0) is 11.3 Å². The first-order valence-electron chi connectivity index (χ1n) is 11.0. The lowest BCUT2D eigenvalue weighted by atomic mass is 10.2. The number of anilines is 1. The summed E-state index contributed by atoms with van der Waals surface area (Å²) >= 11 is 0. The van der Waals surface area contributed by atoms with E-state index in [2.05, 4.69) is 50.2 Å². The van der Waals surface area contributed by atoms with Crippen LogP contribution < -0.4 is 4.90 Å². The summed E-state index contributed by atoms with van der Waals surface area (Å²) in [5.41, 5.74) is 6.85. The molecule has 5 heterocycles. The van der Waals surface area contributed by atoms with Gasteiger partial charge in [0.1, 0.15) is 0 Å². The third-order valence-corrected chi connectivity index (χ3v) is 5.86. The van der Waals surface area contributed by atoms with E-state index in [4.69, 9.17) is 14.8 Å². The van der Waals surface area contributed by atoms with Crippen LogP contribution in [0.2, 0.25) is 0 Å². The lowest BCUT2D eigenvalue weighted by molar-refractivity contribution is 0.123. The third-order valence-electron chi connectivity index (χ3n) is 5.86. The fourth-order valence-electron chi connectivity index (χ4n) is 4.18. The van der Waals surface area contributed by atoms with Gasteiger partial charge in [0.15, 0.2) is 5.65 Å². The molecule has 1 saturated heterocycles. The Hall–Kier alpha value is -4.04. The van der Waals surface area contributed by atoms with Gasteiger partial charge in [-0.25, -0.2) is 9.50 Å². The molecule has 8 heteroatoms. The number of rotatable bonds is 5. The standard InChI is InChI=1S/C25H23N7O/c1-2-19-5-8-28-22(19)13-18(1)15-27-16-21-14-24(31-9-11-33-12-10-31)25-29-23(17-32(25)30-21)20-3-6-26-7-4-20/h1-8,13-15,17,28H,9-12,16H2. The number of nitrogens with zero attached hydrogens (tertiary/aromatic N) is 6. The largest absolute Gasteiger partial charge is 0.378 e. The summed E-state index contributed by atoms with van der Waals surface area (Å²) in [6.45, 7) is 3.56. The topological polar surface area (TPSA) is 83.7 Å². The minimum Gasteiger partial charge on any atom is -0.378 e. The number of fused-ring (bicyclic) bond motifs is 2. The van der Waals surface area contributed by atoms with E-state index in [1.165, 1.54) is 5.39 Å². The second kappa shape index (κ2) is 8.48. The average Bonchev–Trinajstić information content (AvgIpc) is 3.51. The number of benzene rings is 1. The Bertz CT molecular complexity index is 1430. The highest BCUT2D eigenvalue weighted by Crippen LogP contribution is 2.26. The summed E-state index contributed by atoms with van der Waals surface area (Å²) in [5, 5.41) is 6.00. The first-order chi connectivity index (χ1) is 16.3. The average molecular weight is 438 g/mol. The molecule has 0 saturated carbocycles. The highest BCUT2D eigenvalue weighted by atomic mass is 16.5. The van der Waals surface area contributed by atoms with Gasteiger partial charge in [0, 0.05) is 49.0 Å². The van der Waals surface area contributed by atoms with Crippen molar-refractivity contribution in [3.63, 3.8) is 0 Å². The maximum atomic E-state index is 5.56. The molecule has 4 aromatic heterocycles. The van der Waals surface area contributed by atoms with Crippen molar-refractivity contribution in [3.8, 4) is 11.3 Å². The molecule has 0 amide bonds. The Morgan fingerprint density at radius 1 is 1.06 bits per heavy atom. The van der Waals surface area contributed by atoms with Crippen LogP contribution in [0.25, 0.3) is 27.8 Å². The first-order valence-corrected chi connectivity index (χ1v) is 11.0. The van der Waals surface area contributed by atoms with Gasteiger partial charge in [0.2, 0.25) is 0 Å². The lowest BCUT2D eigenvalue weighted by Gasteiger charge is -2.29. The molecule has 1 fully saturated rings. The number of imidazole rings is 1. The summed E-state index contributed by atoms with van der Waals surface area (Å²) in [6.07, 6.45) is 9.38. The predicted molar refractivity (Wildman–Crippen MR) is 129 cm³/mol. The number of aliphatic imine (C=N–C) groups is 1. The molecular weight excluding hydrogens is 414 g/mol. The minimum absolute atomic E-state index is 0.485. The molecule has 164 valence electrons. The molecule has 1 aliphatic rings. The van der Waals surface area contributed by atoms with Crippen LogP contribution in [0, 0.1) is 0 Å².